The van der Waals surface area contributed by atoms with Crippen LogP contribution in [0.1, 0.15) is 45.1 Å². The van der Waals surface area contributed by atoms with E-state index in [0.717, 1.165) is 34.9 Å². The highest BCUT2D eigenvalue weighted by Gasteiger charge is 2.27. The van der Waals surface area contributed by atoms with Gasteiger partial charge in [-0.3, -0.25) is 9.59 Å². The Morgan fingerprint density at radius 3 is 2.49 bits per heavy atom. The molecule has 1 atom stereocenters. The van der Waals surface area contributed by atoms with Crippen molar-refractivity contribution < 1.29 is 23.8 Å². The van der Waals surface area contributed by atoms with E-state index >= 15 is 0 Å². The van der Waals surface area contributed by atoms with E-state index in [0.29, 0.717) is 37.1 Å². The second-order valence-electron chi connectivity index (χ2n) is 9.22. The van der Waals surface area contributed by atoms with Crippen molar-refractivity contribution in [2.45, 2.75) is 52.1 Å². The summed E-state index contributed by atoms with van der Waals surface area (Å²) in [5, 5.41) is 12.9. The van der Waals surface area contributed by atoms with E-state index in [1.807, 2.05) is 43.3 Å². The SMILES string of the molecule is CCc1cc2c(-c3ccccc3)cc(=O)oc2cc1O[C@H](C)C(=O)NCC1CCC(C(=O)O)CC1. The minimum Gasteiger partial charge on any atom is -0.481 e. The van der Waals surface area contributed by atoms with E-state index in [9.17, 15) is 14.4 Å². The first kappa shape index (κ1) is 24.5. The van der Waals surface area contributed by atoms with Crippen LogP contribution in [0.3, 0.4) is 0 Å². The lowest BCUT2D eigenvalue weighted by molar-refractivity contribution is -0.143. The number of benzene rings is 2. The molecule has 35 heavy (non-hydrogen) atoms. The zero-order valence-electron chi connectivity index (χ0n) is 20.1. The number of hydrogen-bond acceptors (Lipinski definition) is 5. The molecule has 0 radical (unpaired) electrons. The smallest absolute Gasteiger partial charge is 0.336 e. The normalized spacial score (nSPS) is 18.7. The molecule has 2 N–H and O–H groups in total. The van der Waals surface area contributed by atoms with Crippen molar-refractivity contribution >= 4 is 22.8 Å². The predicted molar refractivity (Wildman–Crippen MR) is 133 cm³/mol. The summed E-state index contributed by atoms with van der Waals surface area (Å²) in [5.41, 5.74) is 2.59. The Morgan fingerprint density at radius 2 is 1.83 bits per heavy atom. The summed E-state index contributed by atoms with van der Waals surface area (Å²) in [6.07, 6.45) is 2.82. The predicted octanol–water partition coefficient (Wildman–Crippen LogP) is 4.80. The number of amides is 1. The summed E-state index contributed by atoms with van der Waals surface area (Å²) < 4.78 is 11.5. The molecule has 4 rings (SSSR count). The molecule has 1 aliphatic carbocycles. The number of carbonyl (C=O) groups excluding carboxylic acids is 1. The monoisotopic (exact) mass is 477 g/mol. The zero-order valence-corrected chi connectivity index (χ0v) is 20.1. The maximum Gasteiger partial charge on any atom is 0.336 e. The van der Waals surface area contributed by atoms with Gasteiger partial charge in [0.05, 0.1) is 5.92 Å². The third-order valence-corrected chi connectivity index (χ3v) is 6.83. The number of carbonyl (C=O) groups is 2. The van der Waals surface area contributed by atoms with Gasteiger partial charge in [-0.05, 0) is 67.7 Å². The fourth-order valence-corrected chi connectivity index (χ4v) is 4.72. The van der Waals surface area contributed by atoms with Crippen LogP contribution >= 0.6 is 0 Å². The number of ether oxygens (including phenoxy) is 1. The molecule has 7 heteroatoms. The largest absolute Gasteiger partial charge is 0.481 e. The third kappa shape index (κ3) is 5.73. The lowest BCUT2D eigenvalue weighted by atomic mass is 9.82. The number of nitrogens with one attached hydrogen (secondary N) is 1. The van der Waals surface area contributed by atoms with Gasteiger partial charge in [0.15, 0.2) is 6.10 Å². The third-order valence-electron chi connectivity index (χ3n) is 6.83. The van der Waals surface area contributed by atoms with Crippen LogP contribution in [0.15, 0.2) is 57.7 Å². The van der Waals surface area contributed by atoms with Gasteiger partial charge in [-0.25, -0.2) is 4.79 Å². The molecule has 1 fully saturated rings. The molecule has 3 aromatic rings. The van der Waals surface area contributed by atoms with Crippen molar-refractivity contribution in [3.63, 3.8) is 0 Å². The summed E-state index contributed by atoms with van der Waals surface area (Å²) in [7, 11) is 0. The summed E-state index contributed by atoms with van der Waals surface area (Å²) in [4.78, 5) is 36.1. The van der Waals surface area contributed by atoms with Crippen LogP contribution < -0.4 is 15.7 Å². The van der Waals surface area contributed by atoms with Gasteiger partial charge in [0.2, 0.25) is 0 Å². The molecule has 0 unspecified atom stereocenters. The molecular weight excluding hydrogens is 446 g/mol. The molecule has 0 bridgehead atoms. The molecule has 1 aliphatic rings. The van der Waals surface area contributed by atoms with Crippen molar-refractivity contribution in [1.82, 2.24) is 5.32 Å². The van der Waals surface area contributed by atoms with E-state index in [1.165, 1.54) is 6.07 Å². The fourth-order valence-electron chi connectivity index (χ4n) is 4.72. The highest BCUT2D eigenvalue weighted by atomic mass is 16.5. The van der Waals surface area contributed by atoms with Gasteiger partial charge >= 0.3 is 11.6 Å². The van der Waals surface area contributed by atoms with Crippen LogP contribution in [0.2, 0.25) is 0 Å². The van der Waals surface area contributed by atoms with Gasteiger partial charge in [-0.1, -0.05) is 37.3 Å². The fraction of sp³-hybridized carbons (Fsp3) is 0.393. The molecular formula is C28H31NO6. The lowest BCUT2D eigenvalue weighted by Gasteiger charge is -2.26. The van der Waals surface area contributed by atoms with E-state index in [4.69, 9.17) is 14.3 Å². The summed E-state index contributed by atoms with van der Waals surface area (Å²) in [6.45, 7) is 4.21. The molecule has 1 aromatic heterocycles. The van der Waals surface area contributed by atoms with E-state index in [1.54, 1.807) is 13.0 Å². The zero-order chi connectivity index (χ0) is 24.9. The first-order valence-electron chi connectivity index (χ1n) is 12.2. The average Bonchev–Trinajstić information content (AvgIpc) is 2.87. The van der Waals surface area contributed by atoms with Crippen molar-refractivity contribution in [2.75, 3.05) is 6.54 Å². The Hall–Kier alpha value is -3.61. The molecule has 1 amide bonds. The second kappa shape index (κ2) is 10.8. The summed E-state index contributed by atoms with van der Waals surface area (Å²) in [5.74, 6) is -0.445. The Labute approximate surface area is 204 Å². The summed E-state index contributed by atoms with van der Waals surface area (Å²) >= 11 is 0. The topological polar surface area (TPSA) is 106 Å². The average molecular weight is 478 g/mol. The van der Waals surface area contributed by atoms with E-state index < -0.39 is 17.7 Å². The van der Waals surface area contributed by atoms with Crippen molar-refractivity contribution in [3.05, 3.63) is 64.5 Å². The molecule has 0 saturated heterocycles. The first-order valence-corrected chi connectivity index (χ1v) is 12.2. The lowest BCUT2D eigenvalue weighted by Crippen LogP contribution is -2.39. The minimum absolute atomic E-state index is 0.230. The number of fused-ring (bicyclic) bond motifs is 1. The number of carboxylic acid groups (broad SMARTS) is 1. The van der Waals surface area contributed by atoms with E-state index in [2.05, 4.69) is 5.32 Å². The van der Waals surface area contributed by atoms with Gasteiger partial charge < -0.3 is 19.6 Å². The van der Waals surface area contributed by atoms with Crippen LogP contribution in [-0.2, 0) is 16.0 Å². The Bertz CT molecular complexity index is 1260. The number of rotatable bonds is 8. The van der Waals surface area contributed by atoms with Gasteiger partial charge in [-0.15, -0.1) is 0 Å². The van der Waals surface area contributed by atoms with Crippen LogP contribution in [0.4, 0.5) is 0 Å². The molecule has 7 nitrogen and oxygen atoms in total. The molecule has 0 spiro atoms. The van der Waals surface area contributed by atoms with Crippen LogP contribution in [0.25, 0.3) is 22.1 Å². The maximum absolute atomic E-state index is 12.7. The maximum atomic E-state index is 12.7. The first-order chi connectivity index (χ1) is 16.9. The van der Waals surface area contributed by atoms with Crippen molar-refractivity contribution in [3.8, 4) is 16.9 Å². The van der Waals surface area contributed by atoms with Gasteiger partial charge in [0.25, 0.3) is 5.91 Å². The molecule has 2 aromatic carbocycles. The number of hydrogen-bond donors (Lipinski definition) is 2. The number of aliphatic carboxylic acids is 1. The van der Waals surface area contributed by atoms with Crippen molar-refractivity contribution in [1.29, 1.82) is 0 Å². The minimum atomic E-state index is -0.739. The van der Waals surface area contributed by atoms with Crippen LogP contribution in [0.5, 0.6) is 5.75 Å². The van der Waals surface area contributed by atoms with E-state index in [-0.39, 0.29) is 17.7 Å². The number of carboxylic acids is 1. The van der Waals surface area contributed by atoms with Gasteiger partial charge in [-0.2, -0.15) is 0 Å². The Balaban J connectivity index is 1.48. The van der Waals surface area contributed by atoms with Crippen LogP contribution in [0, 0.1) is 11.8 Å². The summed E-state index contributed by atoms with van der Waals surface area (Å²) in [6, 6.07) is 14.8. The Kier molecular flexibility index (Phi) is 7.54. The van der Waals surface area contributed by atoms with Gasteiger partial charge in [0, 0.05) is 24.1 Å². The highest BCUT2D eigenvalue weighted by molar-refractivity contribution is 5.94. The second-order valence-corrected chi connectivity index (χ2v) is 9.22. The quantitative estimate of drug-likeness (QED) is 0.452. The highest BCUT2D eigenvalue weighted by Crippen LogP contribution is 2.33. The molecule has 0 aliphatic heterocycles. The molecule has 1 heterocycles. The van der Waals surface area contributed by atoms with Crippen LogP contribution in [-0.4, -0.2) is 29.6 Å². The van der Waals surface area contributed by atoms with Crippen molar-refractivity contribution in [2.24, 2.45) is 11.8 Å². The standard InChI is InChI=1S/C28H31NO6/c1-3-19-13-23-22(20-7-5-4-6-8-20)14-26(30)35-25(23)15-24(19)34-17(2)27(31)29-16-18-9-11-21(12-10-18)28(32)33/h4-8,13-15,17-18,21H,3,9-12,16H2,1-2H3,(H,29,31)(H,32,33)/t17-,18?,21?/m1/s1. The molecule has 184 valence electrons. The molecule has 1 saturated carbocycles. The Morgan fingerprint density at radius 1 is 1.11 bits per heavy atom. The number of aryl methyl sites for hydroxylation is 1. The van der Waals surface area contributed by atoms with Gasteiger partial charge in [0.1, 0.15) is 11.3 Å².